The number of thiazole rings is 2. The predicted octanol–water partition coefficient (Wildman–Crippen LogP) is 7.67. The first kappa shape index (κ1) is 49.8. The van der Waals surface area contributed by atoms with E-state index in [4.69, 9.17) is 26.5 Å². The number of carbonyl (C=O) groups excluding carboxylic acids is 3. The van der Waals surface area contributed by atoms with Crippen LogP contribution < -0.4 is 27.4 Å². The number of carboxylic acids is 1. The lowest BCUT2D eigenvalue weighted by atomic mass is 9.89. The number of carboxylic acid groups (broad SMARTS) is 1. The number of hydrogen-bond acceptors (Lipinski definition) is 15. The molecule has 0 unspecified atom stereocenters. The first-order chi connectivity index (χ1) is 34.0. The number of aryl methyl sites for hydroxylation is 4. The Hall–Kier alpha value is -7.62. The molecule has 19 nitrogen and oxygen atoms in total. The molecule has 368 valence electrons. The number of amides is 3. The smallest absolute Gasteiger partial charge is 0.394 e. The molecule has 0 bridgehead atoms. The third-order valence-corrected chi connectivity index (χ3v) is 14.6. The summed E-state index contributed by atoms with van der Waals surface area (Å²) >= 11 is 3.35. The molecule has 4 atom stereocenters. The number of nitrogens with two attached hydrogens (primary N) is 2. The van der Waals surface area contributed by atoms with E-state index in [0.29, 0.717) is 47.1 Å². The molecule has 10 rings (SSSR count). The number of likely N-dealkylation sites (tertiary alicyclic amines) is 1. The summed E-state index contributed by atoms with van der Waals surface area (Å²) in [7, 11) is 3.82. The van der Waals surface area contributed by atoms with Crippen LogP contribution in [-0.4, -0.2) is 86.3 Å². The molecule has 0 aliphatic carbocycles. The zero-order valence-electron chi connectivity index (χ0n) is 40.2. The molecule has 8 aromatic rings. The summed E-state index contributed by atoms with van der Waals surface area (Å²) in [5, 5.41) is 27.2. The van der Waals surface area contributed by atoms with E-state index in [0.717, 1.165) is 73.3 Å². The Labute approximate surface area is 417 Å². The maximum atomic E-state index is 13.3. The van der Waals surface area contributed by atoms with Gasteiger partial charge in [0, 0.05) is 50.2 Å². The highest BCUT2D eigenvalue weighted by Gasteiger charge is 2.35. The van der Waals surface area contributed by atoms with Crippen LogP contribution in [0.1, 0.15) is 73.9 Å². The van der Waals surface area contributed by atoms with Crippen LogP contribution in [0.2, 0.25) is 0 Å². The van der Waals surface area contributed by atoms with Gasteiger partial charge in [-0.05, 0) is 117 Å². The van der Waals surface area contributed by atoms with Crippen molar-refractivity contribution >= 4 is 89.8 Å². The van der Waals surface area contributed by atoms with Gasteiger partial charge >= 0.3 is 23.7 Å². The van der Waals surface area contributed by atoms with Crippen LogP contribution in [0.15, 0.2) is 85.7 Å². The average Bonchev–Trinajstić information content (AvgIpc) is 4.18. The summed E-state index contributed by atoms with van der Waals surface area (Å²) < 4.78 is 5.89. The summed E-state index contributed by atoms with van der Waals surface area (Å²) in [5.74, 6) is -2.04. The lowest BCUT2D eigenvalue weighted by molar-refractivity contribution is -0.147. The minimum absolute atomic E-state index is 0.191. The summed E-state index contributed by atoms with van der Waals surface area (Å²) in [6.07, 6.45) is 14.7. The average molecular weight is 997 g/mol. The number of benzene rings is 2. The van der Waals surface area contributed by atoms with Gasteiger partial charge < -0.3 is 37.4 Å². The van der Waals surface area contributed by atoms with Crippen LogP contribution in [0, 0.1) is 25.7 Å². The molecular formula is C50H56N14O5S2. The maximum Gasteiger partial charge on any atom is 0.394 e. The lowest BCUT2D eigenvalue weighted by Crippen LogP contribution is -2.46. The van der Waals surface area contributed by atoms with Crippen molar-refractivity contribution < 1.29 is 24.3 Å². The zero-order chi connectivity index (χ0) is 50.5. The third-order valence-electron chi connectivity index (χ3n) is 12.4. The Bertz CT molecular complexity index is 3240. The first-order valence-electron chi connectivity index (χ1n) is 23.1. The molecule has 6 aromatic heterocycles. The number of nitrogens with one attached hydrogen (secondary N) is 3. The molecule has 2 aliphatic rings. The van der Waals surface area contributed by atoms with Crippen LogP contribution in [-0.2, 0) is 33.3 Å². The third kappa shape index (κ3) is 12.0. The zero-order valence-corrected chi connectivity index (χ0v) is 41.8. The normalized spacial score (nSPS) is 17.7. The van der Waals surface area contributed by atoms with Crippen molar-refractivity contribution in [1.29, 1.82) is 0 Å². The standard InChI is InChI=1S/C25H27N7O2S.C17H20N4S.C8H9N3O3/c1-14-4-6-20(32(12-14)25(34)23(33)29-18-8-15(2)22(26)27-11-18)16-5-7-21-19(9-16)30-24(35-21)17-10-28-31(3)13-17;1-11-3-5-14(18-8-11)12-4-6-16-15(7-12)20-17(22-16)13-9-19-21(2)10-13;1-4-2-5(3-10-6(4)9)11-7(12)8(13)14/h5,7-11,13-14,20H,4,6,12H2,1-3H3,(H2,26,27)(H,29,33);4,6-7,9-11,14,18H,3,5,8H2,1-2H3;2-3H,1H3,(H2,9,10)(H,11,12)(H,13,14)/t14-,20+;11-,14+;/m00./s1. The van der Waals surface area contributed by atoms with Crippen LogP contribution in [0.5, 0.6) is 0 Å². The van der Waals surface area contributed by atoms with Crippen molar-refractivity contribution in [3.63, 3.8) is 0 Å². The SMILES string of the molecule is C[C@H]1CC[C@H](c2ccc3sc(-c4cnn(C)c4)nc3c2)NC1.Cc1cc(NC(=O)C(=O)N2C[C@@H](C)CC[C@@H]2c2ccc3sc(-c4cnn(C)c4)nc3c2)cnc1N.Cc1cc(NC(=O)C(=O)O)cnc1N. The number of anilines is 4. The van der Waals surface area contributed by atoms with Crippen molar-refractivity contribution in [2.24, 2.45) is 25.9 Å². The fourth-order valence-corrected chi connectivity index (χ4v) is 10.3. The fraction of sp³-hybridized carbons (Fsp3) is 0.320. The molecule has 8 heterocycles. The van der Waals surface area contributed by atoms with Gasteiger partial charge in [0.05, 0.1) is 62.6 Å². The Morgan fingerprint density at radius 2 is 1.21 bits per heavy atom. The van der Waals surface area contributed by atoms with E-state index < -0.39 is 23.7 Å². The second-order valence-electron chi connectivity index (χ2n) is 18.2. The molecule has 0 radical (unpaired) electrons. The largest absolute Gasteiger partial charge is 0.474 e. The van der Waals surface area contributed by atoms with Crippen LogP contribution in [0.25, 0.3) is 41.6 Å². The highest BCUT2D eigenvalue weighted by Crippen LogP contribution is 2.38. The van der Waals surface area contributed by atoms with Gasteiger partial charge in [0.15, 0.2) is 0 Å². The fourth-order valence-electron chi connectivity index (χ4n) is 8.44. The number of pyridine rings is 2. The predicted molar refractivity (Wildman–Crippen MR) is 277 cm³/mol. The topological polar surface area (TPSA) is 267 Å². The van der Waals surface area contributed by atoms with Crippen LogP contribution in [0.4, 0.5) is 23.0 Å². The minimum Gasteiger partial charge on any atom is -0.474 e. The summed E-state index contributed by atoms with van der Waals surface area (Å²) in [6.45, 7) is 9.56. The molecule has 2 aliphatic heterocycles. The van der Waals surface area contributed by atoms with Crippen LogP contribution >= 0.6 is 22.7 Å². The molecule has 2 aromatic carbocycles. The van der Waals surface area contributed by atoms with Gasteiger partial charge in [0.25, 0.3) is 0 Å². The van der Waals surface area contributed by atoms with Gasteiger partial charge in [-0.2, -0.15) is 10.2 Å². The number of rotatable bonds is 6. The van der Waals surface area contributed by atoms with Crippen molar-refractivity contribution in [3.8, 4) is 21.1 Å². The molecule has 3 amide bonds. The molecule has 2 fully saturated rings. The molecule has 0 saturated carbocycles. The summed E-state index contributed by atoms with van der Waals surface area (Å²) in [4.78, 5) is 66.2. The number of aromatic nitrogens is 8. The highest BCUT2D eigenvalue weighted by atomic mass is 32.1. The van der Waals surface area contributed by atoms with Gasteiger partial charge in [-0.15, -0.1) is 22.7 Å². The lowest BCUT2D eigenvalue weighted by Gasteiger charge is -2.38. The number of aliphatic carboxylic acids is 1. The number of nitrogens with zero attached hydrogens (tertiary/aromatic N) is 9. The monoisotopic (exact) mass is 996 g/mol. The van der Waals surface area contributed by atoms with E-state index >= 15 is 0 Å². The number of carbonyl (C=O) groups is 4. The van der Waals surface area contributed by atoms with E-state index in [-0.39, 0.29) is 6.04 Å². The molecule has 21 heteroatoms. The Balaban J connectivity index is 0.000000159. The number of fused-ring (bicyclic) bond motifs is 2. The van der Waals surface area contributed by atoms with Crippen molar-refractivity contribution in [2.75, 3.05) is 35.2 Å². The number of nitrogen functional groups attached to an aromatic ring is 2. The highest BCUT2D eigenvalue weighted by molar-refractivity contribution is 7.22. The van der Waals surface area contributed by atoms with Gasteiger partial charge in [-0.3, -0.25) is 23.7 Å². The van der Waals surface area contributed by atoms with Gasteiger partial charge in [0.2, 0.25) is 0 Å². The summed E-state index contributed by atoms with van der Waals surface area (Å²) in [5.41, 5.74) is 19.8. The van der Waals surface area contributed by atoms with E-state index in [1.807, 2.05) is 55.6 Å². The Morgan fingerprint density at radius 3 is 1.70 bits per heavy atom. The van der Waals surface area contributed by atoms with Crippen molar-refractivity contribution in [2.45, 2.75) is 65.5 Å². The second kappa shape index (κ2) is 21.6. The van der Waals surface area contributed by atoms with E-state index in [2.05, 4.69) is 68.2 Å². The first-order valence-corrected chi connectivity index (χ1v) is 24.7. The van der Waals surface area contributed by atoms with Gasteiger partial charge in [0.1, 0.15) is 21.7 Å². The quantitative estimate of drug-likeness (QED) is 0.0873. The van der Waals surface area contributed by atoms with E-state index in [9.17, 15) is 19.2 Å². The second-order valence-corrected chi connectivity index (χ2v) is 20.2. The van der Waals surface area contributed by atoms with Crippen molar-refractivity contribution in [1.82, 2.24) is 49.7 Å². The Morgan fingerprint density at radius 1 is 0.690 bits per heavy atom. The molecule has 2 saturated heterocycles. The Kier molecular flexibility index (Phi) is 15.1. The van der Waals surface area contributed by atoms with Crippen molar-refractivity contribution in [3.05, 3.63) is 108 Å². The minimum atomic E-state index is -1.54. The van der Waals surface area contributed by atoms with Gasteiger partial charge in [-0.1, -0.05) is 26.0 Å². The summed E-state index contributed by atoms with van der Waals surface area (Å²) in [6, 6.07) is 16.4. The molecule has 8 N–H and O–H groups in total. The number of piperidine rings is 2. The van der Waals surface area contributed by atoms with Crippen LogP contribution in [0.3, 0.4) is 0 Å². The molecule has 0 spiro atoms. The number of hydrogen-bond donors (Lipinski definition) is 6. The molecular weight excluding hydrogens is 941 g/mol. The van der Waals surface area contributed by atoms with E-state index in [1.165, 1.54) is 35.5 Å². The maximum absolute atomic E-state index is 13.3. The molecule has 71 heavy (non-hydrogen) atoms. The van der Waals surface area contributed by atoms with Gasteiger partial charge in [-0.25, -0.2) is 24.7 Å². The van der Waals surface area contributed by atoms with E-state index in [1.54, 1.807) is 64.4 Å².